The maximum Gasteiger partial charge on any atom is 0.339 e. The third-order valence-corrected chi connectivity index (χ3v) is 3.14. The first-order chi connectivity index (χ1) is 7.76. The lowest BCUT2D eigenvalue weighted by molar-refractivity contribution is 0.0529. The molecule has 16 heavy (non-hydrogen) atoms. The molecule has 0 aliphatic rings. The van der Waals surface area contributed by atoms with Gasteiger partial charge in [-0.1, -0.05) is 0 Å². The molecule has 0 saturated carbocycles. The summed E-state index contributed by atoms with van der Waals surface area (Å²) in [6.07, 6.45) is 0. The van der Waals surface area contributed by atoms with Crippen molar-refractivity contribution in [3.05, 3.63) is 34.7 Å². The van der Waals surface area contributed by atoms with Gasteiger partial charge in [-0.05, 0) is 35.9 Å². The van der Waals surface area contributed by atoms with Crippen molar-refractivity contribution in [2.24, 2.45) is 0 Å². The second kappa shape index (κ2) is 4.33. The van der Waals surface area contributed by atoms with E-state index in [0.29, 0.717) is 17.7 Å². The molecule has 2 rings (SSSR count). The molecule has 80 valence electrons. The molecule has 0 atom stereocenters. The number of esters is 1. The Morgan fingerprint density at radius 2 is 2.38 bits per heavy atom. The number of nitrogens with zero attached hydrogens (tertiary/aromatic N) is 1. The van der Waals surface area contributed by atoms with E-state index in [9.17, 15) is 4.79 Å². The van der Waals surface area contributed by atoms with Gasteiger partial charge in [-0.2, -0.15) is 5.26 Å². The molecule has 0 N–H and O–H groups in total. The number of hydrogen-bond acceptors (Lipinski definition) is 4. The highest BCUT2D eigenvalue weighted by Crippen LogP contribution is 2.27. The Labute approximate surface area is 96.9 Å². The smallest absolute Gasteiger partial charge is 0.339 e. The molecule has 4 heteroatoms. The van der Waals surface area contributed by atoms with Crippen LogP contribution in [0.1, 0.15) is 22.8 Å². The van der Waals surface area contributed by atoms with Crippen LogP contribution < -0.4 is 0 Å². The zero-order valence-electron chi connectivity index (χ0n) is 8.69. The van der Waals surface area contributed by atoms with Crippen LogP contribution >= 0.6 is 11.3 Å². The molecule has 3 nitrogen and oxygen atoms in total. The van der Waals surface area contributed by atoms with Crippen molar-refractivity contribution in [2.45, 2.75) is 6.92 Å². The lowest BCUT2D eigenvalue weighted by Gasteiger charge is -2.03. The molecule has 0 aliphatic carbocycles. The third-order valence-electron chi connectivity index (χ3n) is 2.18. The van der Waals surface area contributed by atoms with E-state index in [1.165, 1.54) is 11.3 Å². The second-order valence-corrected chi connectivity index (χ2v) is 4.11. The van der Waals surface area contributed by atoms with Gasteiger partial charge < -0.3 is 4.74 Å². The predicted molar refractivity (Wildman–Crippen MR) is 62.5 cm³/mol. The second-order valence-electron chi connectivity index (χ2n) is 3.20. The van der Waals surface area contributed by atoms with Gasteiger partial charge in [-0.25, -0.2) is 4.79 Å². The summed E-state index contributed by atoms with van der Waals surface area (Å²) in [5, 5.41) is 11.7. The molecule has 1 aromatic carbocycles. The quantitative estimate of drug-likeness (QED) is 0.746. The van der Waals surface area contributed by atoms with Gasteiger partial charge in [-0.3, -0.25) is 0 Å². The number of fused-ring (bicyclic) bond motifs is 1. The molecular weight excluding hydrogens is 222 g/mol. The van der Waals surface area contributed by atoms with Crippen molar-refractivity contribution in [1.29, 1.82) is 5.26 Å². The molecule has 0 unspecified atom stereocenters. The average molecular weight is 231 g/mol. The molecule has 0 radical (unpaired) electrons. The number of ether oxygens (including phenoxy) is 1. The Balaban J connectivity index is 2.62. The SMILES string of the molecule is CCOC(=O)c1cc(C#N)cc2ccsc12. The van der Waals surface area contributed by atoms with Crippen LogP contribution in [0.25, 0.3) is 10.1 Å². The predicted octanol–water partition coefficient (Wildman–Crippen LogP) is 2.95. The molecule has 0 saturated heterocycles. The van der Waals surface area contributed by atoms with Crippen molar-refractivity contribution < 1.29 is 9.53 Å². The Bertz CT molecular complexity index is 580. The Kier molecular flexibility index (Phi) is 2.88. The fourth-order valence-corrected chi connectivity index (χ4v) is 2.39. The highest BCUT2D eigenvalue weighted by Gasteiger charge is 2.13. The van der Waals surface area contributed by atoms with Gasteiger partial charge in [0.05, 0.1) is 23.8 Å². The Hall–Kier alpha value is -1.86. The number of benzene rings is 1. The summed E-state index contributed by atoms with van der Waals surface area (Å²) in [5.74, 6) is -0.368. The zero-order chi connectivity index (χ0) is 11.5. The molecule has 0 amide bonds. The van der Waals surface area contributed by atoms with Crippen molar-refractivity contribution in [1.82, 2.24) is 0 Å². The fraction of sp³-hybridized carbons (Fsp3) is 0.167. The van der Waals surface area contributed by atoms with E-state index in [2.05, 4.69) is 0 Å². The van der Waals surface area contributed by atoms with Crippen LogP contribution in [0.3, 0.4) is 0 Å². The van der Waals surface area contributed by atoms with Gasteiger partial charge >= 0.3 is 5.97 Å². The molecule has 0 aliphatic heterocycles. The maximum absolute atomic E-state index is 11.7. The van der Waals surface area contributed by atoms with Gasteiger partial charge in [0.25, 0.3) is 0 Å². The van der Waals surface area contributed by atoms with E-state index < -0.39 is 0 Å². The minimum Gasteiger partial charge on any atom is -0.462 e. The number of rotatable bonds is 2. The summed E-state index contributed by atoms with van der Waals surface area (Å²) >= 11 is 1.48. The van der Waals surface area contributed by atoms with Crippen LogP contribution in [0, 0.1) is 11.3 Å². The number of thiophene rings is 1. The summed E-state index contributed by atoms with van der Waals surface area (Å²) in [7, 11) is 0. The number of hydrogen-bond donors (Lipinski definition) is 0. The molecule has 0 bridgehead atoms. The highest BCUT2D eigenvalue weighted by atomic mass is 32.1. The minimum atomic E-state index is -0.368. The fourth-order valence-electron chi connectivity index (χ4n) is 1.51. The summed E-state index contributed by atoms with van der Waals surface area (Å²) in [4.78, 5) is 11.7. The first-order valence-corrected chi connectivity index (χ1v) is 5.72. The number of nitriles is 1. The first-order valence-electron chi connectivity index (χ1n) is 4.84. The molecule has 0 fully saturated rings. The maximum atomic E-state index is 11.7. The van der Waals surface area contributed by atoms with E-state index in [0.717, 1.165) is 10.1 Å². The highest BCUT2D eigenvalue weighted by molar-refractivity contribution is 7.17. The topological polar surface area (TPSA) is 50.1 Å². The molecule has 0 spiro atoms. The molecule has 1 aromatic heterocycles. The standard InChI is InChI=1S/C12H9NO2S/c1-2-15-12(14)10-6-8(7-13)5-9-3-4-16-11(9)10/h3-6H,2H2,1H3. The Morgan fingerprint density at radius 3 is 3.06 bits per heavy atom. The van der Waals surface area contributed by atoms with Crippen molar-refractivity contribution in [2.75, 3.05) is 6.61 Å². The van der Waals surface area contributed by atoms with Gasteiger partial charge in [0.15, 0.2) is 0 Å². The summed E-state index contributed by atoms with van der Waals surface area (Å²) in [6.45, 7) is 2.10. The Morgan fingerprint density at radius 1 is 1.56 bits per heavy atom. The van der Waals surface area contributed by atoms with Crippen LogP contribution in [0.15, 0.2) is 23.6 Å². The molecular formula is C12H9NO2S. The lowest BCUT2D eigenvalue weighted by Crippen LogP contribution is -2.05. The average Bonchev–Trinajstić information content (AvgIpc) is 2.75. The summed E-state index contributed by atoms with van der Waals surface area (Å²) in [6, 6.07) is 7.29. The van der Waals surface area contributed by atoms with E-state index in [4.69, 9.17) is 10.00 Å². The minimum absolute atomic E-state index is 0.336. The van der Waals surface area contributed by atoms with Crippen LogP contribution in [0.2, 0.25) is 0 Å². The monoisotopic (exact) mass is 231 g/mol. The first kappa shape index (κ1) is 10.7. The van der Waals surface area contributed by atoms with E-state index in [1.54, 1.807) is 19.1 Å². The molecule has 1 heterocycles. The lowest BCUT2D eigenvalue weighted by atomic mass is 10.1. The number of carbonyl (C=O) groups excluding carboxylic acids is 1. The summed E-state index contributed by atoms with van der Waals surface area (Å²) in [5.41, 5.74) is 0.958. The van der Waals surface area contributed by atoms with Crippen molar-refractivity contribution in [3.63, 3.8) is 0 Å². The third kappa shape index (κ3) is 1.77. The van der Waals surface area contributed by atoms with Crippen LogP contribution in [-0.2, 0) is 4.74 Å². The van der Waals surface area contributed by atoms with Crippen LogP contribution in [0.5, 0.6) is 0 Å². The van der Waals surface area contributed by atoms with E-state index in [-0.39, 0.29) is 5.97 Å². The normalized spacial score (nSPS) is 10.0. The zero-order valence-corrected chi connectivity index (χ0v) is 9.50. The van der Waals surface area contributed by atoms with Gasteiger partial charge in [-0.15, -0.1) is 11.3 Å². The van der Waals surface area contributed by atoms with Gasteiger partial charge in [0.2, 0.25) is 0 Å². The van der Waals surface area contributed by atoms with E-state index in [1.807, 2.05) is 17.5 Å². The number of carbonyl (C=O) groups is 1. The van der Waals surface area contributed by atoms with Gasteiger partial charge in [0, 0.05) is 4.70 Å². The largest absolute Gasteiger partial charge is 0.462 e. The van der Waals surface area contributed by atoms with E-state index >= 15 is 0 Å². The summed E-state index contributed by atoms with van der Waals surface area (Å²) < 4.78 is 5.84. The molecule has 2 aromatic rings. The van der Waals surface area contributed by atoms with Crippen molar-refractivity contribution >= 4 is 27.4 Å². The van der Waals surface area contributed by atoms with Crippen LogP contribution in [0.4, 0.5) is 0 Å². The van der Waals surface area contributed by atoms with Crippen molar-refractivity contribution in [3.8, 4) is 6.07 Å². The van der Waals surface area contributed by atoms with Crippen LogP contribution in [-0.4, -0.2) is 12.6 Å². The van der Waals surface area contributed by atoms with Gasteiger partial charge in [0.1, 0.15) is 0 Å².